The number of aryl methyl sites for hydroxylation is 1. The maximum atomic E-state index is 9.89. The zero-order valence-electron chi connectivity index (χ0n) is 16.6. The highest BCUT2D eigenvalue weighted by atomic mass is 16.5. The van der Waals surface area contributed by atoms with Crippen LogP contribution in [0.5, 0.6) is 17.2 Å². The summed E-state index contributed by atoms with van der Waals surface area (Å²) in [5, 5.41) is 14.7. The van der Waals surface area contributed by atoms with Gasteiger partial charge in [0.15, 0.2) is 0 Å². The van der Waals surface area contributed by atoms with Crippen LogP contribution in [0.2, 0.25) is 0 Å². The summed E-state index contributed by atoms with van der Waals surface area (Å²) >= 11 is 0. The molecule has 5 aromatic rings. The zero-order chi connectivity index (χ0) is 20.2. The van der Waals surface area contributed by atoms with Crippen LogP contribution in [0.25, 0.3) is 21.5 Å². The number of hydrogen-bond acceptors (Lipinski definition) is 2. The van der Waals surface area contributed by atoms with Crippen molar-refractivity contribution in [2.24, 2.45) is 0 Å². The predicted octanol–water partition coefficient (Wildman–Crippen LogP) is 7.29. The lowest BCUT2D eigenvalue weighted by Gasteiger charge is -2.31. The fourth-order valence-electron chi connectivity index (χ4n) is 4.77. The molecular weight excluding hydrogens is 368 g/mol. The lowest BCUT2D eigenvalue weighted by atomic mass is 9.78. The Morgan fingerprint density at radius 2 is 1.33 bits per heavy atom. The number of ether oxygens (including phenoxy) is 1. The fourth-order valence-corrected chi connectivity index (χ4v) is 4.77. The first kappa shape index (κ1) is 17.1. The second-order valence-electron chi connectivity index (χ2n) is 8.03. The SMILES string of the molecule is Cc1ccc2c3c(ccc2c1)Oc1ccc2ccccc2c1C3c1ccc(O)cc1. The Labute approximate surface area is 175 Å². The van der Waals surface area contributed by atoms with E-state index in [9.17, 15) is 5.11 Å². The van der Waals surface area contributed by atoms with Crippen LogP contribution in [0, 0.1) is 6.92 Å². The molecule has 0 radical (unpaired) electrons. The van der Waals surface area contributed by atoms with Crippen molar-refractivity contribution in [3.8, 4) is 17.2 Å². The lowest BCUT2D eigenvalue weighted by molar-refractivity contribution is 0.456. The number of phenolic OH excluding ortho intramolecular Hbond substituents is 1. The van der Waals surface area contributed by atoms with Crippen molar-refractivity contribution in [2.75, 3.05) is 0 Å². The summed E-state index contributed by atoms with van der Waals surface area (Å²) in [5.41, 5.74) is 4.75. The summed E-state index contributed by atoms with van der Waals surface area (Å²) in [4.78, 5) is 0. The van der Waals surface area contributed by atoms with Crippen LogP contribution < -0.4 is 4.74 Å². The Hall–Kier alpha value is -3.78. The standard InChI is InChI=1S/C28H20O2/c1-17-6-13-23-20(16-17)10-15-25-28(23)26(19-7-11-21(29)12-8-19)27-22-5-3-2-4-18(22)9-14-24(27)30-25/h2-16,26,29H,1H3. The molecule has 1 atom stereocenters. The Balaban J connectivity index is 1.74. The number of aromatic hydroxyl groups is 1. The first-order valence-electron chi connectivity index (χ1n) is 10.2. The van der Waals surface area contributed by atoms with Gasteiger partial charge in [-0.15, -0.1) is 0 Å². The van der Waals surface area contributed by atoms with Crippen molar-refractivity contribution in [2.45, 2.75) is 12.8 Å². The van der Waals surface area contributed by atoms with Gasteiger partial charge in [0.1, 0.15) is 17.2 Å². The summed E-state index contributed by atoms with van der Waals surface area (Å²) < 4.78 is 6.45. The molecule has 1 aliphatic rings. The highest BCUT2D eigenvalue weighted by Crippen LogP contribution is 2.52. The highest BCUT2D eigenvalue weighted by Gasteiger charge is 2.32. The molecule has 30 heavy (non-hydrogen) atoms. The Morgan fingerprint density at radius 1 is 0.667 bits per heavy atom. The van der Waals surface area contributed by atoms with E-state index in [1.165, 1.54) is 38.2 Å². The molecule has 1 heterocycles. The van der Waals surface area contributed by atoms with Crippen molar-refractivity contribution < 1.29 is 9.84 Å². The van der Waals surface area contributed by atoms with E-state index >= 15 is 0 Å². The molecule has 0 bridgehead atoms. The van der Waals surface area contributed by atoms with Crippen molar-refractivity contribution in [1.82, 2.24) is 0 Å². The summed E-state index contributed by atoms with van der Waals surface area (Å²) in [6, 6.07) is 31.1. The van der Waals surface area contributed by atoms with Gasteiger partial charge in [-0.2, -0.15) is 0 Å². The smallest absolute Gasteiger partial charge is 0.132 e. The van der Waals surface area contributed by atoms with Crippen LogP contribution in [-0.4, -0.2) is 5.11 Å². The van der Waals surface area contributed by atoms with E-state index in [0.29, 0.717) is 0 Å². The van der Waals surface area contributed by atoms with Crippen molar-refractivity contribution in [1.29, 1.82) is 0 Å². The average molecular weight is 388 g/mol. The molecule has 2 heteroatoms. The van der Waals surface area contributed by atoms with Gasteiger partial charge in [0.2, 0.25) is 0 Å². The second kappa shape index (κ2) is 6.36. The summed E-state index contributed by atoms with van der Waals surface area (Å²) in [7, 11) is 0. The van der Waals surface area contributed by atoms with E-state index in [2.05, 4.69) is 73.7 Å². The van der Waals surface area contributed by atoms with Gasteiger partial charge < -0.3 is 9.84 Å². The zero-order valence-corrected chi connectivity index (χ0v) is 16.6. The summed E-state index contributed by atoms with van der Waals surface area (Å²) in [6.45, 7) is 2.12. The van der Waals surface area contributed by atoms with Crippen LogP contribution in [0.3, 0.4) is 0 Å². The minimum atomic E-state index is 0.0156. The van der Waals surface area contributed by atoms with Gasteiger partial charge in [-0.3, -0.25) is 0 Å². The van der Waals surface area contributed by atoms with E-state index in [1.54, 1.807) is 12.1 Å². The third-order valence-electron chi connectivity index (χ3n) is 6.13. The van der Waals surface area contributed by atoms with Crippen LogP contribution in [-0.2, 0) is 0 Å². The molecular formula is C28H20O2. The molecule has 0 spiro atoms. The maximum Gasteiger partial charge on any atom is 0.132 e. The van der Waals surface area contributed by atoms with Gasteiger partial charge in [0, 0.05) is 17.0 Å². The number of benzene rings is 5. The van der Waals surface area contributed by atoms with Gasteiger partial charge in [0.25, 0.3) is 0 Å². The van der Waals surface area contributed by atoms with Crippen LogP contribution in [0.15, 0.2) is 91.0 Å². The third-order valence-corrected chi connectivity index (χ3v) is 6.13. The number of phenols is 1. The molecule has 1 N–H and O–H groups in total. The van der Waals surface area contributed by atoms with Crippen molar-refractivity contribution in [3.63, 3.8) is 0 Å². The monoisotopic (exact) mass is 388 g/mol. The molecule has 144 valence electrons. The van der Waals surface area contributed by atoms with Gasteiger partial charge in [-0.1, -0.05) is 72.3 Å². The van der Waals surface area contributed by atoms with Gasteiger partial charge in [-0.25, -0.2) is 0 Å². The Bertz CT molecular complexity index is 1430. The van der Waals surface area contributed by atoms with Crippen LogP contribution in [0.1, 0.15) is 28.2 Å². The first-order valence-corrected chi connectivity index (χ1v) is 10.2. The number of rotatable bonds is 1. The summed E-state index contributed by atoms with van der Waals surface area (Å²) in [5.74, 6) is 2.08. The van der Waals surface area contributed by atoms with Gasteiger partial charge in [-0.05, 0) is 58.3 Å². The highest BCUT2D eigenvalue weighted by molar-refractivity contribution is 5.95. The largest absolute Gasteiger partial charge is 0.508 e. The lowest BCUT2D eigenvalue weighted by Crippen LogP contribution is -2.13. The number of hydrogen-bond donors (Lipinski definition) is 1. The topological polar surface area (TPSA) is 29.5 Å². The van der Waals surface area contributed by atoms with E-state index in [0.717, 1.165) is 17.1 Å². The molecule has 6 rings (SSSR count). The average Bonchev–Trinajstić information content (AvgIpc) is 2.78. The predicted molar refractivity (Wildman–Crippen MR) is 122 cm³/mol. The molecule has 2 nitrogen and oxygen atoms in total. The van der Waals surface area contributed by atoms with E-state index in [4.69, 9.17) is 4.74 Å². The Kier molecular flexibility index (Phi) is 3.63. The normalized spacial score (nSPS) is 14.9. The minimum absolute atomic E-state index is 0.0156. The first-order chi connectivity index (χ1) is 14.7. The van der Waals surface area contributed by atoms with Crippen molar-refractivity contribution >= 4 is 21.5 Å². The molecule has 0 amide bonds. The minimum Gasteiger partial charge on any atom is -0.508 e. The molecule has 0 saturated heterocycles. The maximum absolute atomic E-state index is 9.89. The molecule has 5 aromatic carbocycles. The molecule has 1 unspecified atom stereocenters. The van der Waals surface area contributed by atoms with Crippen LogP contribution >= 0.6 is 0 Å². The fraction of sp³-hybridized carbons (Fsp3) is 0.0714. The third kappa shape index (κ3) is 2.50. The summed E-state index contributed by atoms with van der Waals surface area (Å²) in [6.07, 6.45) is 0. The van der Waals surface area contributed by atoms with E-state index in [1.807, 2.05) is 12.1 Å². The van der Waals surface area contributed by atoms with E-state index < -0.39 is 0 Å². The molecule has 0 fully saturated rings. The van der Waals surface area contributed by atoms with Crippen molar-refractivity contribution in [3.05, 3.63) is 113 Å². The second-order valence-corrected chi connectivity index (χ2v) is 8.03. The van der Waals surface area contributed by atoms with E-state index in [-0.39, 0.29) is 11.7 Å². The van der Waals surface area contributed by atoms with Gasteiger partial charge in [0.05, 0.1) is 0 Å². The molecule has 1 aliphatic heterocycles. The molecule has 0 aromatic heterocycles. The molecule has 0 saturated carbocycles. The quantitative estimate of drug-likeness (QED) is 0.320. The molecule has 0 aliphatic carbocycles. The number of fused-ring (bicyclic) bond motifs is 6. The van der Waals surface area contributed by atoms with Crippen LogP contribution in [0.4, 0.5) is 0 Å². The Morgan fingerprint density at radius 3 is 2.10 bits per heavy atom. The van der Waals surface area contributed by atoms with Gasteiger partial charge >= 0.3 is 0 Å².